The number of methoxy groups -OCH3 is 1. The molecule has 0 radical (unpaired) electrons. The topological polar surface area (TPSA) is 113 Å². The highest BCUT2D eigenvalue weighted by Crippen LogP contribution is 2.38. The molecule has 0 bridgehead atoms. The van der Waals surface area contributed by atoms with Gasteiger partial charge in [-0.15, -0.1) is 10.2 Å². The average Bonchev–Trinajstić information content (AvgIpc) is 3.37. The SMILES string of the molecule is CCNC(=O)c1nnc(-c2cc(C(C)C)c(OC)cc2O)n1-c1ccc(C(=O)N2CCN(CC)CC2)cc1. The number of aromatic hydroxyl groups is 1. The van der Waals surface area contributed by atoms with Crippen molar-refractivity contribution >= 4 is 11.8 Å². The molecule has 10 heteroatoms. The van der Waals surface area contributed by atoms with E-state index in [-0.39, 0.29) is 23.4 Å². The second-order valence-corrected chi connectivity index (χ2v) is 9.58. The molecule has 2 heterocycles. The molecular weight excluding hydrogens is 484 g/mol. The summed E-state index contributed by atoms with van der Waals surface area (Å²) >= 11 is 0. The van der Waals surface area contributed by atoms with Crippen LogP contribution in [0.25, 0.3) is 17.1 Å². The van der Waals surface area contributed by atoms with Crippen molar-refractivity contribution in [3.63, 3.8) is 0 Å². The highest BCUT2D eigenvalue weighted by Gasteiger charge is 2.25. The maximum atomic E-state index is 13.1. The van der Waals surface area contributed by atoms with Crippen LogP contribution in [-0.4, -0.2) is 87.9 Å². The third kappa shape index (κ3) is 5.35. The Bertz CT molecular complexity index is 1290. The quantitative estimate of drug-likeness (QED) is 0.469. The van der Waals surface area contributed by atoms with Crippen LogP contribution < -0.4 is 10.1 Å². The van der Waals surface area contributed by atoms with Crippen molar-refractivity contribution in [3.05, 3.63) is 53.3 Å². The molecule has 2 amide bonds. The predicted molar refractivity (Wildman–Crippen MR) is 145 cm³/mol. The van der Waals surface area contributed by atoms with Crippen molar-refractivity contribution in [2.75, 3.05) is 46.4 Å². The molecule has 1 aliphatic heterocycles. The van der Waals surface area contributed by atoms with Gasteiger partial charge in [-0.25, -0.2) is 0 Å². The zero-order valence-corrected chi connectivity index (χ0v) is 22.7. The molecule has 1 aromatic heterocycles. The molecule has 2 N–H and O–H groups in total. The van der Waals surface area contributed by atoms with Crippen LogP contribution in [0.15, 0.2) is 36.4 Å². The number of amides is 2. The van der Waals surface area contributed by atoms with Gasteiger partial charge < -0.3 is 25.0 Å². The number of piperazine rings is 1. The molecule has 0 atom stereocenters. The molecule has 4 rings (SSSR count). The van der Waals surface area contributed by atoms with E-state index in [4.69, 9.17) is 4.74 Å². The maximum Gasteiger partial charge on any atom is 0.289 e. The van der Waals surface area contributed by atoms with Gasteiger partial charge in [0.1, 0.15) is 11.5 Å². The molecule has 10 nitrogen and oxygen atoms in total. The van der Waals surface area contributed by atoms with E-state index in [0.29, 0.717) is 48.0 Å². The lowest BCUT2D eigenvalue weighted by Crippen LogP contribution is -2.48. The van der Waals surface area contributed by atoms with Gasteiger partial charge in [0.2, 0.25) is 5.82 Å². The lowest BCUT2D eigenvalue weighted by Gasteiger charge is -2.34. The summed E-state index contributed by atoms with van der Waals surface area (Å²) in [7, 11) is 1.56. The van der Waals surface area contributed by atoms with E-state index in [0.717, 1.165) is 25.2 Å². The van der Waals surface area contributed by atoms with Crippen LogP contribution in [0.5, 0.6) is 11.5 Å². The third-order valence-corrected chi connectivity index (χ3v) is 6.89. The Morgan fingerprint density at radius 2 is 1.74 bits per heavy atom. The molecule has 1 aliphatic rings. The van der Waals surface area contributed by atoms with E-state index < -0.39 is 5.91 Å². The first kappa shape index (κ1) is 27.1. The van der Waals surface area contributed by atoms with Gasteiger partial charge in [0.25, 0.3) is 11.8 Å². The minimum atomic E-state index is -0.391. The summed E-state index contributed by atoms with van der Waals surface area (Å²) in [5, 5.41) is 22.1. The van der Waals surface area contributed by atoms with Crippen molar-refractivity contribution in [3.8, 4) is 28.6 Å². The Morgan fingerprint density at radius 3 is 2.32 bits per heavy atom. The molecule has 0 spiro atoms. The van der Waals surface area contributed by atoms with Crippen molar-refractivity contribution in [1.82, 2.24) is 29.9 Å². The molecule has 1 saturated heterocycles. The van der Waals surface area contributed by atoms with Crippen molar-refractivity contribution < 1.29 is 19.4 Å². The first-order chi connectivity index (χ1) is 18.3. The second-order valence-electron chi connectivity index (χ2n) is 9.58. The van der Waals surface area contributed by atoms with Gasteiger partial charge >= 0.3 is 0 Å². The van der Waals surface area contributed by atoms with Crippen LogP contribution >= 0.6 is 0 Å². The number of phenols is 1. The maximum absolute atomic E-state index is 13.1. The number of nitrogens with one attached hydrogen (secondary N) is 1. The number of nitrogens with zero attached hydrogens (tertiary/aromatic N) is 5. The van der Waals surface area contributed by atoms with Crippen LogP contribution in [0.2, 0.25) is 0 Å². The standard InChI is InChI=1S/C28H36N6O4/c1-6-29-27(36)26-31-30-25(22-16-21(18(3)4)24(38-5)17-23(22)35)34(26)20-10-8-19(9-11-20)28(37)33-14-12-32(7-2)13-15-33/h8-11,16-18,35H,6-7,12-15H2,1-5H3,(H,29,36). The van der Waals surface area contributed by atoms with Crippen LogP contribution in [0.4, 0.5) is 0 Å². The van der Waals surface area contributed by atoms with Crippen LogP contribution in [0.1, 0.15) is 60.2 Å². The van der Waals surface area contributed by atoms with Gasteiger partial charge in [0.05, 0.1) is 12.7 Å². The number of hydrogen-bond donors (Lipinski definition) is 2. The number of benzene rings is 2. The summed E-state index contributed by atoms with van der Waals surface area (Å²) in [6.45, 7) is 12.5. The molecule has 1 fully saturated rings. The predicted octanol–water partition coefficient (Wildman–Crippen LogP) is 3.30. The molecule has 38 heavy (non-hydrogen) atoms. The van der Waals surface area contributed by atoms with E-state index in [2.05, 4.69) is 27.3 Å². The van der Waals surface area contributed by atoms with Gasteiger partial charge in [0.15, 0.2) is 5.82 Å². The summed E-state index contributed by atoms with van der Waals surface area (Å²) in [5.74, 6) is 0.625. The number of hydrogen-bond acceptors (Lipinski definition) is 7. The summed E-state index contributed by atoms with van der Waals surface area (Å²) in [5.41, 5.74) is 2.48. The second kappa shape index (κ2) is 11.6. The van der Waals surface area contributed by atoms with E-state index >= 15 is 0 Å². The van der Waals surface area contributed by atoms with Gasteiger partial charge in [-0.2, -0.15) is 0 Å². The summed E-state index contributed by atoms with van der Waals surface area (Å²) in [6, 6.07) is 10.4. The number of ether oxygens (including phenoxy) is 1. The molecule has 0 unspecified atom stereocenters. The summed E-state index contributed by atoms with van der Waals surface area (Å²) in [4.78, 5) is 30.2. The highest BCUT2D eigenvalue weighted by atomic mass is 16.5. The third-order valence-electron chi connectivity index (χ3n) is 6.89. The van der Waals surface area contributed by atoms with Crippen LogP contribution in [0.3, 0.4) is 0 Å². The molecule has 3 aromatic rings. The minimum absolute atomic E-state index is 0.0189. The first-order valence-corrected chi connectivity index (χ1v) is 13.1. The number of phenolic OH excluding ortho intramolecular Hbond substituents is 1. The van der Waals surface area contributed by atoms with Crippen molar-refractivity contribution in [1.29, 1.82) is 0 Å². The number of carbonyl (C=O) groups excluding carboxylic acids is 2. The molecule has 0 saturated carbocycles. The summed E-state index contributed by atoms with van der Waals surface area (Å²) in [6.07, 6.45) is 0. The molecule has 0 aliphatic carbocycles. The fourth-order valence-corrected chi connectivity index (χ4v) is 4.69. The van der Waals surface area contributed by atoms with E-state index in [1.165, 1.54) is 0 Å². The minimum Gasteiger partial charge on any atom is -0.507 e. The number of aromatic nitrogens is 3. The van der Waals surface area contributed by atoms with Gasteiger partial charge in [-0.3, -0.25) is 14.2 Å². The molecule has 202 valence electrons. The normalized spacial score (nSPS) is 14.1. The smallest absolute Gasteiger partial charge is 0.289 e. The van der Waals surface area contributed by atoms with Crippen LogP contribution in [0, 0.1) is 0 Å². The van der Waals surface area contributed by atoms with E-state index in [9.17, 15) is 14.7 Å². The number of likely N-dealkylation sites (N-methyl/N-ethyl adjacent to an activating group) is 1. The van der Waals surface area contributed by atoms with Gasteiger partial charge in [0, 0.05) is 50.0 Å². The molecule has 2 aromatic carbocycles. The number of rotatable bonds is 8. The summed E-state index contributed by atoms with van der Waals surface area (Å²) < 4.78 is 7.06. The zero-order chi connectivity index (χ0) is 27.4. The van der Waals surface area contributed by atoms with Crippen molar-refractivity contribution in [2.24, 2.45) is 0 Å². The monoisotopic (exact) mass is 520 g/mol. The fourth-order valence-electron chi connectivity index (χ4n) is 4.69. The van der Waals surface area contributed by atoms with E-state index in [1.807, 2.05) is 31.7 Å². The Morgan fingerprint density at radius 1 is 1.05 bits per heavy atom. The number of carbonyl (C=O) groups is 2. The van der Waals surface area contributed by atoms with Gasteiger partial charge in [-0.05, 0) is 55.3 Å². The van der Waals surface area contributed by atoms with Crippen LogP contribution in [-0.2, 0) is 0 Å². The largest absolute Gasteiger partial charge is 0.507 e. The lowest BCUT2D eigenvalue weighted by atomic mass is 9.98. The Kier molecular flexibility index (Phi) is 8.31. The Balaban J connectivity index is 1.74. The lowest BCUT2D eigenvalue weighted by molar-refractivity contribution is 0.0643. The average molecular weight is 521 g/mol. The molecular formula is C28H36N6O4. The highest BCUT2D eigenvalue weighted by molar-refractivity contribution is 5.95. The first-order valence-electron chi connectivity index (χ1n) is 13.1. The van der Waals surface area contributed by atoms with E-state index in [1.54, 1.807) is 42.0 Å². The van der Waals surface area contributed by atoms with Gasteiger partial charge in [-0.1, -0.05) is 20.8 Å². The Hall–Kier alpha value is -3.92. The zero-order valence-electron chi connectivity index (χ0n) is 22.7. The Labute approximate surface area is 223 Å². The van der Waals surface area contributed by atoms with Crippen molar-refractivity contribution in [2.45, 2.75) is 33.6 Å². The fraction of sp³-hybridized carbons (Fsp3) is 0.429.